The van der Waals surface area contributed by atoms with Gasteiger partial charge in [0.2, 0.25) is 0 Å². The number of hydrogen-bond acceptors (Lipinski definition) is 7. The van der Waals surface area contributed by atoms with Gasteiger partial charge in [0.15, 0.2) is 18.1 Å². The molecule has 2 aromatic rings. The Labute approximate surface area is 210 Å². The second-order valence-electron chi connectivity index (χ2n) is 6.75. The standard InChI is InChI=1S/C23H23BrN2O5S2/c1-4-26-22(28)19(33-23(26)32)12-14-10-17(24)21(18(11-14)29-3)31-13-20(27)25-15-6-8-16(9-7-15)30-5-2/h6-12H,4-5,13H2,1-3H3,(H,25,27)/b19-12-. The number of benzene rings is 2. The number of rotatable bonds is 9. The van der Waals surface area contributed by atoms with Crippen molar-refractivity contribution < 1.29 is 23.8 Å². The van der Waals surface area contributed by atoms with Crippen molar-refractivity contribution in [3.8, 4) is 17.2 Å². The van der Waals surface area contributed by atoms with Crippen molar-refractivity contribution in [1.82, 2.24) is 4.90 Å². The molecule has 7 nitrogen and oxygen atoms in total. The molecule has 0 aromatic heterocycles. The van der Waals surface area contributed by atoms with Crippen LogP contribution < -0.4 is 19.5 Å². The van der Waals surface area contributed by atoms with Gasteiger partial charge in [0.05, 0.1) is 23.1 Å². The zero-order valence-electron chi connectivity index (χ0n) is 18.3. The number of anilines is 1. The van der Waals surface area contributed by atoms with E-state index in [1.165, 1.54) is 18.9 Å². The molecule has 10 heteroatoms. The Balaban J connectivity index is 1.68. The van der Waals surface area contributed by atoms with Crippen LogP contribution in [0.3, 0.4) is 0 Å². The summed E-state index contributed by atoms with van der Waals surface area (Å²) >= 11 is 9.99. The third-order valence-corrected chi connectivity index (χ3v) is 6.50. The fraction of sp³-hybridized carbons (Fsp3) is 0.261. The lowest BCUT2D eigenvalue weighted by Gasteiger charge is -2.14. The number of ether oxygens (including phenoxy) is 3. The van der Waals surface area contributed by atoms with Gasteiger partial charge in [-0.1, -0.05) is 24.0 Å². The molecule has 1 N–H and O–H groups in total. The molecule has 33 heavy (non-hydrogen) atoms. The number of carbonyl (C=O) groups is 2. The van der Waals surface area contributed by atoms with Gasteiger partial charge in [0.1, 0.15) is 10.1 Å². The van der Waals surface area contributed by atoms with Crippen LogP contribution in [0.15, 0.2) is 45.8 Å². The Morgan fingerprint density at radius 2 is 1.94 bits per heavy atom. The first kappa shape index (κ1) is 25.1. The summed E-state index contributed by atoms with van der Waals surface area (Å²) in [5.74, 6) is 1.11. The molecule has 174 valence electrons. The Kier molecular flexibility index (Phi) is 8.76. The monoisotopic (exact) mass is 550 g/mol. The highest BCUT2D eigenvalue weighted by Crippen LogP contribution is 2.39. The summed E-state index contributed by atoms with van der Waals surface area (Å²) in [6, 6.07) is 10.6. The zero-order chi connectivity index (χ0) is 24.0. The van der Waals surface area contributed by atoms with Crippen molar-refractivity contribution in [2.24, 2.45) is 0 Å². The van der Waals surface area contributed by atoms with Crippen molar-refractivity contribution in [1.29, 1.82) is 0 Å². The number of amides is 2. The largest absolute Gasteiger partial charge is 0.494 e. The molecule has 0 spiro atoms. The quantitative estimate of drug-likeness (QED) is 0.344. The Morgan fingerprint density at radius 3 is 2.55 bits per heavy atom. The second-order valence-corrected chi connectivity index (χ2v) is 9.28. The molecule has 1 fully saturated rings. The molecular weight excluding hydrogens is 528 g/mol. The van der Waals surface area contributed by atoms with Crippen LogP contribution in [0.1, 0.15) is 19.4 Å². The SMILES string of the molecule is CCOc1ccc(NC(=O)COc2c(Br)cc(/C=C3\SC(=S)N(CC)C3=O)cc2OC)cc1. The summed E-state index contributed by atoms with van der Waals surface area (Å²) in [6.07, 6.45) is 1.75. The number of carbonyl (C=O) groups excluding carboxylic acids is 2. The van der Waals surface area contributed by atoms with Crippen LogP contribution in [0.4, 0.5) is 5.69 Å². The average Bonchev–Trinajstić information content (AvgIpc) is 3.06. The molecule has 0 bridgehead atoms. The molecular formula is C23H23BrN2O5S2. The first-order valence-corrected chi connectivity index (χ1v) is 12.2. The van der Waals surface area contributed by atoms with Crippen LogP contribution in [0.25, 0.3) is 6.08 Å². The van der Waals surface area contributed by atoms with E-state index in [1.54, 1.807) is 47.4 Å². The number of nitrogens with one attached hydrogen (secondary N) is 1. The van der Waals surface area contributed by atoms with Gasteiger partial charge in [-0.3, -0.25) is 14.5 Å². The maximum Gasteiger partial charge on any atom is 0.266 e. The van der Waals surface area contributed by atoms with Gasteiger partial charge in [0, 0.05) is 12.2 Å². The van der Waals surface area contributed by atoms with Crippen LogP contribution >= 0.6 is 39.9 Å². The van der Waals surface area contributed by atoms with Crippen LogP contribution in [-0.4, -0.2) is 47.9 Å². The Bertz CT molecular complexity index is 1090. The van der Waals surface area contributed by atoms with Gasteiger partial charge < -0.3 is 19.5 Å². The lowest BCUT2D eigenvalue weighted by atomic mass is 10.2. The Morgan fingerprint density at radius 1 is 1.21 bits per heavy atom. The summed E-state index contributed by atoms with van der Waals surface area (Å²) in [6.45, 7) is 4.68. The highest BCUT2D eigenvalue weighted by molar-refractivity contribution is 9.10. The maximum absolute atomic E-state index is 12.5. The minimum absolute atomic E-state index is 0.117. The summed E-state index contributed by atoms with van der Waals surface area (Å²) in [5.41, 5.74) is 1.37. The number of likely N-dealkylation sites (N-methyl/N-ethyl adjacent to an activating group) is 1. The van der Waals surface area contributed by atoms with Gasteiger partial charge in [0.25, 0.3) is 11.8 Å². The first-order valence-electron chi connectivity index (χ1n) is 10.1. The van der Waals surface area contributed by atoms with Crippen molar-refractivity contribution in [2.45, 2.75) is 13.8 Å². The molecule has 3 rings (SSSR count). The topological polar surface area (TPSA) is 77.1 Å². The minimum Gasteiger partial charge on any atom is -0.494 e. The molecule has 0 unspecified atom stereocenters. The number of thioether (sulfide) groups is 1. The fourth-order valence-electron chi connectivity index (χ4n) is 3.02. The number of thiocarbonyl (C=S) groups is 1. The normalized spacial score (nSPS) is 14.5. The third kappa shape index (κ3) is 6.27. The van der Waals surface area contributed by atoms with Crippen molar-refractivity contribution in [3.05, 3.63) is 51.3 Å². The van der Waals surface area contributed by atoms with E-state index in [2.05, 4.69) is 21.2 Å². The summed E-state index contributed by atoms with van der Waals surface area (Å²) in [5, 5.41) is 2.77. The van der Waals surface area contributed by atoms with E-state index in [0.717, 1.165) is 11.3 Å². The van der Waals surface area contributed by atoms with Crippen LogP contribution in [-0.2, 0) is 9.59 Å². The van der Waals surface area contributed by atoms with Gasteiger partial charge in [-0.15, -0.1) is 0 Å². The summed E-state index contributed by atoms with van der Waals surface area (Å²) in [7, 11) is 1.51. The fourth-order valence-corrected chi connectivity index (χ4v) is 4.98. The van der Waals surface area contributed by atoms with Crippen molar-refractivity contribution in [2.75, 3.05) is 32.2 Å². The smallest absolute Gasteiger partial charge is 0.266 e. The van der Waals surface area contributed by atoms with Gasteiger partial charge in [-0.2, -0.15) is 0 Å². The molecule has 1 aliphatic rings. The predicted octanol–water partition coefficient (Wildman–Crippen LogP) is 5.10. The first-order chi connectivity index (χ1) is 15.9. The average molecular weight is 551 g/mol. The van der Waals surface area contributed by atoms with Gasteiger partial charge in [-0.25, -0.2) is 0 Å². The van der Waals surface area contributed by atoms with E-state index in [-0.39, 0.29) is 18.4 Å². The summed E-state index contributed by atoms with van der Waals surface area (Å²) in [4.78, 5) is 26.9. The van der Waals surface area contributed by atoms with Gasteiger partial charge >= 0.3 is 0 Å². The number of methoxy groups -OCH3 is 1. The van der Waals surface area contributed by atoms with E-state index in [4.69, 9.17) is 26.4 Å². The van der Waals surface area contributed by atoms with E-state index in [1.807, 2.05) is 13.8 Å². The summed E-state index contributed by atoms with van der Waals surface area (Å²) < 4.78 is 17.7. The van der Waals surface area contributed by atoms with Crippen molar-refractivity contribution in [3.63, 3.8) is 0 Å². The van der Waals surface area contributed by atoms with E-state index >= 15 is 0 Å². The zero-order valence-corrected chi connectivity index (χ0v) is 21.6. The van der Waals surface area contributed by atoms with E-state index in [9.17, 15) is 9.59 Å². The molecule has 0 atom stereocenters. The molecule has 0 radical (unpaired) electrons. The minimum atomic E-state index is -0.319. The molecule has 2 amide bonds. The highest BCUT2D eigenvalue weighted by atomic mass is 79.9. The number of nitrogens with zero attached hydrogens (tertiary/aromatic N) is 1. The maximum atomic E-state index is 12.5. The van der Waals surface area contributed by atoms with E-state index in [0.29, 0.717) is 44.0 Å². The number of hydrogen-bond donors (Lipinski definition) is 1. The molecule has 1 saturated heterocycles. The van der Waals surface area contributed by atoms with Crippen LogP contribution in [0, 0.1) is 0 Å². The highest BCUT2D eigenvalue weighted by Gasteiger charge is 2.30. The second kappa shape index (κ2) is 11.5. The predicted molar refractivity (Wildman–Crippen MR) is 138 cm³/mol. The van der Waals surface area contributed by atoms with Crippen molar-refractivity contribution >= 4 is 67.8 Å². The Hall–Kier alpha value is -2.56. The lowest BCUT2D eigenvalue weighted by molar-refractivity contribution is -0.122. The number of halogens is 1. The van der Waals surface area contributed by atoms with Crippen LogP contribution in [0.2, 0.25) is 0 Å². The molecule has 0 aliphatic carbocycles. The lowest BCUT2D eigenvalue weighted by Crippen LogP contribution is -2.27. The van der Waals surface area contributed by atoms with Gasteiger partial charge in [-0.05, 0) is 77.8 Å². The molecule has 1 aliphatic heterocycles. The molecule has 1 heterocycles. The third-order valence-electron chi connectivity index (χ3n) is 4.54. The molecule has 0 saturated carbocycles. The van der Waals surface area contributed by atoms with E-state index < -0.39 is 0 Å². The van der Waals surface area contributed by atoms with Crippen LogP contribution in [0.5, 0.6) is 17.2 Å². The molecule has 2 aromatic carbocycles.